The fourth-order valence-corrected chi connectivity index (χ4v) is 3.07. The highest BCUT2D eigenvalue weighted by Crippen LogP contribution is 2.23. The summed E-state index contributed by atoms with van der Waals surface area (Å²) in [6.07, 6.45) is 7.33. The molecular weight excluding hydrogens is 184 g/mol. The Balaban J connectivity index is 1.77. The highest BCUT2D eigenvalue weighted by Gasteiger charge is 2.25. The molecule has 1 aliphatic carbocycles. The van der Waals surface area contributed by atoms with Crippen LogP contribution in [0.25, 0.3) is 0 Å². The quantitative estimate of drug-likeness (QED) is 0.690. The van der Waals surface area contributed by atoms with Crippen LogP contribution in [-0.2, 0) is 0 Å². The largest absolute Gasteiger partial charge is 0.298 e. The van der Waals surface area contributed by atoms with Crippen molar-refractivity contribution in [2.45, 2.75) is 58.0 Å². The van der Waals surface area contributed by atoms with Gasteiger partial charge < -0.3 is 0 Å². The Labute approximate surface area is 94.6 Å². The first kappa shape index (κ1) is 11.4. The second kappa shape index (κ2) is 5.31. The average Bonchev–Trinajstić information content (AvgIpc) is 2.30. The molecule has 1 saturated heterocycles. The molecule has 1 aliphatic heterocycles. The Morgan fingerprint density at radius 2 is 1.47 bits per heavy atom. The van der Waals surface area contributed by atoms with Crippen LogP contribution in [0.3, 0.4) is 0 Å². The molecule has 2 nitrogen and oxygen atoms in total. The summed E-state index contributed by atoms with van der Waals surface area (Å²) in [7, 11) is 0. The molecule has 0 N–H and O–H groups in total. The molecule has 15 heavy (non-hydrogen) atoms. The summed E-state index contributed by atoms with van der Waals surface area (Å²) >= 11 is 0. The van der Waals surface area contributed by atoms with Crippen molar-refractivity contribution >= 4 is 0 Å². The second-order valence-electron chi connectivity index (χ2n) is 5.46. The first-order valence-electron chi connectivity index (χ1n) is 6.75. The molecule has 2 aliphatic rings. The molecule has 1 saturated carbocycles. The average molecular weight is 210 g/mol. The Hall–Kier alpha value is -0.0800. The third-order valence-electron chi connectivity index (χ3n) is 4.17. The topological polar surface area (TPSA) is 6.48 Å². The molecular formula is C13H26N2. The van der Waals surface area contributed by atoms with Gasteiger partial charge in [-0.2, -0.15) is 0 Å². The zero-order valence-corrected chi connectivity index (χ0v) is 10.4. The molecule has 0 unspecified atom stereocenters. The SMILES string of the molecule is CC(C)N1CCN(C2CCCCC2)CC1. The predicted molar refractivity (Wildman–Crippen MR) is 65.2 cm³/mol. The number of rotatable bonds is 2. The molecule has 2 fully saturated rings. The zero-order valence-electron chi connectivity index (χ0n) is 10.4. The molecule has 2 rings (SSSR count). The van der Waals surface area contributed by atoms with Crippen LogP contribution in [0.1, 0.15) is 46.0 Å². The van der Waals surface area contributed by atoms with E-state index in [2.05, 4.69) is 23.6 Å². The van der Waals surface area contributed by atoms with Crippen molar-refractivity contribution in [1.82, 2.24) is 9.80 Å². The third kappa shape index (κ3) is 2.94. The number of nitrogens with zero attached hydrogens (tertiary/aromatic N) is 2. The molecule has 2 heteroatoms. The first-order chi connectivity index (χ1) is 7.27. The second-order valence-corrected chi connectivity index (χ2v) is 5.46. The standard InChI is InChI=1S/C13H26N2/c1-12(2)14-8-10-15(11-9-14)13-6-4-3-5-7-13/h12-13H,3-11H2,1-2H3. The summed E-state index contributed by atoms with van der Waals surface area (Å²) in [6.45, 7) is 9.82. The fourth-order valence-electron chi connectivity index (χ4n) is 3.07. The molecule has 0 aromatic carbocycles. The minimum Gasteiger partial charge on any atom is -0.298 e. The molecule has 0 atom stereocenters. The fraction of sp³-hybridized carbons (Fsp3) is 1.00. The monoisotopic (exact) mass is 210 g/mol. The van der Waals surface area contributed by atoms with Crippen LogP contribution < -0.4 is 0 Å². The molecule has 88 valence electrons. The Bertz CT molecular complexity index is 177. The lowest BCUT2D eigenvalue weighted by molar-refractivity contribution is 0.0644. The van der Waals surface area contributed by atoms with Gasteiger partial charge in [-0.05, 0) is 26.7 Å². The van der Waals surface area contributed by atoms with Crippen molar-refractivity contribution in [2.24, 2.45) is 0 Å². The Morgan fingerprint density at radius 1 is 0.867 bits per heavy atom. The van der Waals surface area contributed by atoms with Crippen molar-refractivity contribution in [1.29, 1.82) is 0 Å². The van der Waals surface area contributed by atoms with Crippen LogP contribution in [0.2, 0.25) is 0 Å². The molecule has 0 bridgehead atoms. The lowest BCUT2D eigenvalue weighted by Crippen LogP contribution is -2.52. The summed E-state index contributed by atoms with van der Waals surface area (Å²) in [5.41, 5.74) is 0. The van der Waals surface area contributed by atoms with Crippen molar-refractivity contribution in [3.63, 3.8) is 0 Å². The van der Waals surface area contributed by atoms with Crippen LogP contribution in [0, 0.1) is 0 Å². The van der Waals surface area contributed by atoms with Crippen molar-refractivity contribution in [3.8, 4) is 0 Å². The normalized spacial score (nSPS) is 27.4. The highest BCUT2D eigenvalue weighted by molar-refractivity contribution is 4.81. The Kier molecular flexibility index (Phi) is 4.04. The first-order valence-corrected chi connectivity index (χ1v) is 6.75. The van der Waals surface area contributed by atoms with Gasteiger partial charge in [-0.3, -0.25) is 9.80 Å². The van der Waals surface area contributed by atoms with Crippen molar-refractivity contribution < 1.29 is 0 Å². The van der Waals surface area contributed by atoms with E-state index in [1.165, 1.54) is 58.3 Å². The van der Waals surface area contributed by atoms with Crippen LogP contribution in [0.15, 0.2) is 0 Å². The van der Waals surface area contributed by atoms with E-state index in [0.717, 1.165) is 12.1 Å². The zero-order chi connectivity index (χ0) is 10.7. The van der Waals surface area contributed by atoms with Crippen LogP contribution >= 0.6 is 0 Å². The van der Waals surface area contributed by atoms with Gasteiger partial charge in [0, 0.05) is 38.3 Å². The van der Waals surface area contributed by atoms with E-state index in [0.29, 0.717) is 0 Å². The van der Waals surface area contributed by atoms with E-state index >= 15 is 0 Å². The van der Waals surface area contributed by atoms with Crippen molar-refractivity contribution in [2.75, 3.05) is 26.2 Å². The lowest BCUT2D eigenvalue weighted by Gasteiger charge is -2.42. The van der Waals surface area contributed by atoms with Gasteiger partial charge in [-0.15, -0.1) is 0 Å². The third-order valence-corrected chi connectivity index (χ3v) is 4.17. The van der Waals surface area contributed by atoms with Gasteiger partial charge in [0.05, 0.1) is 0 Å². The van der Waals surface area contributed by atoms with Gasteiger partial charge >= 0.3 is 0 Å². The van der Waals surface area contributed by atoms with Gasteiger partial charge in [-0.25, -0.2) is 0 Å². The van der Waals surface area contributed by atoms with Crippen LogP contribution in [-0.4, -0.2) is 48.1 Å². The Morgan fingerprint density at radius 3 is 2.00 bits per heavy atom. The van der Waals surface area contributed by atoms with Gasteiger partial charge in [-0.1, -0.05) is 19.3 Å². The van der Waals surface area contributed by atoms with Crippen LogP contribution in [0.5, 0.6) is 0 Å². The number of hydrogen-bond acceptors (Lipinski definition) is 2. The molecule has 0 radical (unpaired) electrons. The summed E-state index contributed by atoms with van der Waals surface area (Å²) in [5, 5.41) is 0. The van der Waals surface area contributed by atoms with Gasteiger partial charge in [0.15, 0.2) is 0 Å². The molecule has 0 aromatic rings. The van der Waals surface area contributed by atoms with Crippen molar-refractivity contribution in [3.05, 3.63) is 0 Å². The summed E-state index contributed by atoms with van der Waals surface area (Å²) < 4.78 is 0. The molecule has 0 aromatic heterocycles. The van der Waals surface area contributed by atoms with E-state index in [1.807, 2.05) is 0 Å². The van der Waals surface area contributed by atoms with E-state index in [-0.39, 0.29) is 0 Å². The number of hydrogen-bond donors (Lipinski definition) is 0. The van der Waals surface area contributed by atoms with Gasteiger partial charge in [0.25, 0.3) is 0 Å². The van der Waals surface area contributed by atoms with Gasteiger partial charge in [0.1, 0.15) is 0 Å². The minimum absolute atomic E-state index is 0.735. The molecule has 0 amide bonds. The lowest BCUT2D eigenvalue weighted by atomic mass is 9.94. The van der Waals surface area contributed by atoms with Gasteiger partial charge in [0.2, 0.25) is 0 Å². The summed E-state index contributed by atoms with van der Waals surface area (Å²) in [6, 6.07) is 1.66. The maximum absolute atomic E-state index is 2.75. The van der Waals surface area contributed by atoms with E-state index < -0.39 is 0 Å². The maximum atomic E-state index is 2.75. The van der Waals surface area contributed by atoms with E-state index in [9.17, 15) is 0 Å². The minimum atomic E-state index is 0.735. The van der Waals surface area contributed by atoms with Crippen LogP contribution in [0.4, 0.5) is 0 Å². The number of piperazine rings is 1. The molecule has 0 spiro atoms. The molecule has 1 heterocycles. The summed E-state index contributed by atoms with van der Waals surface area (Å²) in [5.74, 6) is 0. The maximum Gasteiger partial charge on any atom is 0.0113 e. The predicted octanol–water partition coefficient (Wildman–Crippen LogP) is 2.35. The van der Waals surface area contributed by atoms with E-state index in [4.69, 9.17) is 0 Å². The van der Waals surface area contributed by atoms with E-state index in [1.54, 1.807) is 0 Å². The summed E-state index contributed by atoms with van der Waals surface area (Å²) in [4.78, 5) is 5.36. The highest BCUT2D eigenvalue weighted by atomic mass is 15.3. The smallest absolute Gasteiger partial charge is 0.0113 e.